The zero-order chi connectivity index (χ0) is 23.9. The Kier molecular flexibility index (Phi) is 8.11. The summed E-state index contributed by atoms with van der Waals surface area (Å²) in [7, 11) is 1.94. The summed E-state index contributed by atoms with van der Waals surface area (Å²) in [6, 6.07) is 16.5. The molecule has 0 saturated carbocycles. The lowest BCUT2D eigenvalue weighted by Gasteiger charge is -2.28. The molecule has 1 N–H and O–H groups in total. The number of rotatable bonds is 9. The zero-order valence-electron chi connectivity index (χ0n) is 20.3. The molecule has 7 nitrogen and oxygen atoms in total. The minimum absolute atomic E-state index is 0.0520. The first-order chi connectivity index (χ1) is 16.6. The van der Waals surface area contributed by atoms with Gasteiger partial charge in [-0.3, -0.25) is 4.79 Å². The van der Waals surface area contributed by atoms with Crippen molar-refractivity contribution in [3.8, 4) is 11.4 Å². The van der Waals surface area contributed by atoms with Gasteiger partial charge >= 0.3 is 0 Å². The second kappa shape index (κ2) is 11.4. The van der Waals surface area contributed by atoms with Crippen LogP contribution in [0.4, 0.5) is 17.1 Å². The van der Waals surface area contributed by atoms with E-state index >= 15 is 0 Å². The van der Waals surface area contributed by atoms with E-state index < -0.39 is 0 Å². The van der Waals surface area contributed by atoms with E-state index in [1.54, 1.807) is 0 Å². The van der Waals surface area contributed by atoms with Crippen LogP contribution in [0.5, 0.6) is 0 Å². The van der Waals surface area contributed by atoms with Gasteiger partial charge in [0.25, 0.3) is 0 Å². The lowest BCUT2D eigenvalue weighted by atomic mass is 10.1. The fourth-order valence-electron chi connectivity index (χ4n) is 4.34. The van der Waals surface area contributed by atoms with Gasteiger partial charge in [-0.05, 0) is 81.6 Å². The number of hydrogen-bond acceptors (Lipinski definition) is 6. The molecule has 2 heterocycles. The summed E-state index contributed by atoms with van der Waals surface area (Å²) in [4.78, 5) is 17.2. The molecule has 1 fully saturated rings. The number of nitrogens with one attached hydrogen (secondary N) is 1. The van der Waals surface area contributed by atoms with Gasteiger partial charge in [0, 0.05) is 55.9 Å². The quantitative estimate of drug-likeness (QED) is 0.434. The Morgan fingerprint density at radius 1 is 0.971 bits per heavy atom. The first-order valence-corrected chi connectivity index (χ1v) is 13.1. The third-order valence-corrected chi connectivity index (χ3v) is 7.31. The van der Waals surface area contributed by atoms with Crippen molar-refractivity contribution in [3.05, 3.63) is 48.5 Å². The van der Waals surface area contributed by atoms with Gasteiger partial charge in [0.15, 0.2) is 11.0 Å². The van der Waals surface area contributed by atoms with Crippen molar-refractivity contribution >= 4 is 34.7 Å². The van der Waals surface area contributed by atoms with Gasteiger partial charge < -0.3 is 19.7 Å². The average Bonchev–Trinajstić information content (AvgIpc) is 3.25. The van der Waals surface area contributed by atoms with E-state index in [2.05, 4.69) is 75.6 Å². The van der Waals surface area contributed by atoms with Crippen molar-refractivity contribution in [2.75, 3.05) is 47.0 Å². The van der Waals surface area contributed by atoms with Crippen molar-refractivity contribution in [1.29, 1.82) is 0 Å². The van der Waals surface area contributed by atoms with E-state index in [4.69, 9.17) is 0 Å². The van der Waals surface area contributed by atoms with Gasteiger partial charge in [-0.25, -0.2) is 0 Å². The molecule has 0 bridgehead atoms. The highest BCUT2D eigenvalue weighted by Crippen LogP contribution is 2.26. The third kappa shape index (κ3) is 5.73. The molecular weight excluding hydrogens is 444 g/mol. The molecule has 1 amide bonds. The fourth-order valence-corrected chi connectivity index (χ4v) is 5.05. The Morgan fingerprint density at radius 3 is 2.29 bits per heavy atom. The van der Waals surface area contributed by atoms with Gasteiger partial charge in [-0.1, -0.05) is 11.8 Å². The van der Waals surface area contributed by atoms with Crippen molar-refractivity contribution in [2.24, 2.45) is 7.05 Å². The van der Waals surface area contributed by atoms with Crippen LogP contribution >= 0.6 is 11.8 Å². The SMILES string of the molecule is CCN(CC)c1ccc(-c2nnc(SCC(=O)Nc3ccc(N4CCCCC4)cc3)n2C)cc1. The maximum absolute atomic E-state index is 12.5. The number of carbonyl (C=O) groups is 1. The number of anilines is 3. The molecule has 0 radical (unpaired) electrons. The maximum atomic E-state index is 12.5. The zero-order valence-corrected chi connectivity index (χ0v) is 21.1. The largest absolute Gasteiger partial charge is 0.372 e. The summed E-state index contributed by atoms with van der Waals surface area (Å²) < 4.78 is 1.94. The summed E-state index contributed by atoms with van der Waals surface area (Å²) in [6.07, 6.45) is 3.82. The van der Waals surface area contributed by atoms with Gasteiger partial charge in [0.05, 0.1) is 5.75 Å². The minimum Gasteiger partial charge on any atom is -0.372 e. The van der Waals surface area contributed by atoms with Gasteiger partial charge in [0.2, 0.25) is 5.91 Å². The number of thioether (sulfide) groups is 1. The first kappa shape index (κ1) is 24.1. The second-order valence-electron chi connectivity index (χ2n) is 8.52. The molecule has 0 spiro atoms. The number of aromatic nitrogens is 3. The predicted octanol–water partition coefficient (Wildman–Crippen LogP) is 5.05. The predicted molar refractivity (Wildman–Crippen MR) is 142 cm³/mol. The topological polar surface area (TPSA) is 66.3 Å². The lowest BCUT2D eigenvalue weighted by molar-refractivity contribution is -0.113. The summed E-state index contributed by atoms with van der Waals surface area (Å²) >= 11 is 1.39. The van der Waals surface area contributed by atoms with Crippen LogP contribution in [0.2, 0.25) is 0 Å². The van der Waals surface area contributed by atoms with E-state index in [0.717, 1.165) is 48.4 Å². The molecule has 34 heavy (non-hydrogen) atoms. The molecule has 1 aliphatic rings. The number of piperidine rings is 1. The van der Waals surface area contributed by atoms with E-state index in [1.807, 2.05) is 23.7 Å². The van der Waals surface area contributed by atoms with Gasteiger partial charge in [-0.2, -0.15) is 0 Å². The number of hydrogen-bond donors (Lipinski definition) is 1. The number of nitrogens with zero attached hydrogens (tertiary/aromatic N) is 5. The standard InChI is InChI=1S/C26H34N6OS/c1-4-31(5-2)22-13-9-20(10-14-22)25-28-29-26(30(25)3)34-19-24(33)27-21-11-15-23(16-12-21)32-17-7-6-8-18-32/h9-16H,4-8,17-19H2,1-3H3,(H,27,33). The van der Waals surface area contributed by atoms with Crippen LogP contribution in [0.25, 0.3) is 11.4 Å². The Hall–Kier alpha value is -3.00. The molecule has 3 aromatic rings. The van der Waals surface area contributed by atoms with Crippen molar-refractivity contribution in [1.82, 2.24) is 14.8 Å². The maximum Gasteiger partial charge on any atom is 0.234 e. The van der Waals surface area contributed by atoms with E-state index in [-0.39, 0.29) is 11.7 Å². The van der Waals surface area contributed by atoms with Crippen LogP contribution in [0.15, 0.2) is 53.7 Å². The Labute approximate surface area is 206 Å². The molecule has 4 rings (SSSR count). The van der Waals surface area contributed by atoms with Gasteiger partial charge in [-0.15, -0.1) is 10.2 Å². The molecule has 0 unspecified atom stereocenters. The number of amides is 1. The molecular formula is C26H34N6OS. The fraction of sp³-hybridized carbons (Fsp3) is 0.423. The summed E-state index contributed by atoms with van der Waals surface area (Å²) in [5, 5.41) is 12.4. The van der Waals surface area contributed by atoms with Crippen LogP contribution in [-0.2, 0) is 11.8 Å². The molecule has 1 saturated heterocycles. The minimum atomic E-state index is -0.0520. The number of carbonyl (C=O) groups excluding carboxylic acids is 1. The highest BCUT2D eigenvalue weighted by molar-refractivity contribution is 7.99. The molecule has 0 atom stereocenters. The van der Waals surface area contributed by atoms with E-state index in [9.17, 15) is 4.79 Å². The molecule has 1 aliphatic heterocycles. The smallest absolute Gasteiger partial charge is 0.234 e. The van der Waals surface area contributed by atoms with E-state index in [0.29, 0.717) is 0 Å². The van der Waals surface area contributed by atoms with Crippen LogP contribution in [-0.4, -0.2) is 52.6 Å². The highest BCUT2D eigenvalue weighted by atomic mass is 32.2. The summed E-state index contributed by atoms with van der Waals surface area (Å²) in [5.74, 6) is 1.02. The normalized spacial score (nSPS) is 13.7. The molecule has 2 aromatic carbocycles. The molecule has 8 heteroatoms. The van der Waals surface area contributed by atoms with E-state index in [1.165, 1.54) is 42.4 Å². The Bertz CT molecular complexity index is 1070. The monoisotopic (exact) mass is 478 g/mol. The van der Waals surface area contributed by atoms with Crippen LogP contribution in [0.3, 0.4) is 0 Å². The van der Waals surface area contributed by atoms with Crippen molar-refractivity contribution in [3.63, 3.8) is 0 Å². The van der Waals surface area contributed by atoms with Crippen LogP contribution in [0.1, 0.15) is 33.1 Å². The second-order valence-corrected chi connectivity index (χ2v) is 9.46. The first-order valence-electron chi connectivity index (χ1n) is 12.1. The molecule has 0 aliphatic carbocycles. The summed E-state index contributed by atoms with van der Waals surface area (Å²) in [5.41, 5.74) is 4.25. The van der Waals surface area contributed by atoms with Gasteiger partial charge in [0.1, 0.15) is 0 Å². The highest BCUT2D eigenvalue weighted by Gasteiger charge is 2.14. The van der Waals surface area contributed by atoms with Crippen molar-refractivity contribution in [2.45, 2.75) is 38.3 Å². The Balaban J connectivity index is 1.32. The third-order valence-electron chi connectivity index (χ3n) is 6.29. The summed E-state index contributed by atoms with van der Waals surface area (Å²) in [6.45, 7) is 8.50. The van der Waals surface area contributed by atoms with Crippen molar-refractivity contribution < 1.29 is 4.79 Å². The molecule has 1 aromatic heterocycles. The Morgan fingerprint density at radius 2 is 1.65 bits per heavy atom. The number of benzene rings is 2. The average molecular weight is 479 g/mol. The van der Waals surface area contributed by atoms with Crippen LogP contribution < -0.4 is 15.1 Å². The lowest BCUT2D eigenvalue weighted by Crippen LogP contribution is -2.29. The van der Waals surface area contributed by atoms with Crippen LogP contribution in [0, 0.1) is 0 Å². The molecule has 180 valence electrons.